The first-order valence-electron chi connectivity index (χ1n) is 7.17. The zero-order chi connectivity index (χ0) is 14.4. The van der Waals surface area contributed by atoms with E-state index in [0.717, 1.165) is 32.2 Å². The third-order valence-corrected chi connectivity index (χ3v) is 3.66. The lowest BCUT2D eigenvalue weighted by atomic mass is 9.85. The lowest BCUT2D eigenvalue weighted by Crippen LogP contribution is -2.46. The molecular weight excluding hydrogens is 242 g/mol. The zero-order valence-electron chi connectivity index (χ0n) is 12.5. The standard InChI is InChI=1S/C14H27N3O2/c1-10(2)9-17(4)14(19)16-12-7-5-11(6-8-12)13(18)15-3/h10-12H,5-9H2,1-4H3,(H,15,18)(H,16,19). The van der Waals surface area contributed by atoms with Crippen molar-refractivity contribution in [3.05, 3.63) is 0 Å². The predicted molar refractivity (Wildman–Crippen MR) is 75.8 cm³/mol. The number of nitrogens with zero attached hydrogens (tertiary/aromatic N) is 1. The number of nitrogens with one attached hydrogen (secondary N) is 2. The van der Waals surface area contributed by atoms with Gasteiger partial charge in [0.25, 0.3) is 0 Å². The summed E-state index contributed by atoms with van der Waals surface area (Å²) in [5.41, 5.74) is 0. The van der Waals surface area contributed by atoms with Crippen molar-refractivity contribution in [1.82, 2.24) is 15.5 Å². The molecule has 0 atom stereocenters. The van der Waals surface area contributed by atoms with Crippen LogP contribution < -0.4 is 10.6 Å². The molecule has 3 amide bonds. The Kier molecular flexibility index (Phi) is 6.12. The minimum absolute atomic E-state index is 0.00269. The summed E-state index contributed by atoms with van der Waals surface area (Å²) in [4.78, 5) is 25.2. The van der Waals surface area contributed by atoms with Gasteiger partial charge in [0.05, 0.1) is 0 Å². The Morgan fingerprint density at radius 2 is 1.79 bits per heavy atom. The molecule has 1 fully saturated rings. The second-order valence-corrected chi connectivity index (χ2v) is 5.89. The lowest BCUT2D eigenvalue weighted by Gasteiger charge is -2.30. The van der Waals surface area contributed by atoms with Gasteiger partial charge in [-0.2, -0.15) is 0 Å². The summed E-state index contributed by atoms with van der Waals surface area (Å²) < 4.78 is 0. The number of amides is 3. The Balaban J connectivity index is 2.32. The highest BCUT2D eigenvalue weighted by atomic mass is 16.2. The molecule has 5 nitrogen and oxygen atoms in total. The van der Waals surface area contributed by atoms with Gasteiger partial charge in [0, 0.05) is 32.6 Å². The van der Waals surface area contributed by atoms with Crippen molar-refractivity contribution < 1.29 is 9.59 Å². The summed E-state index contributed by atoms with van der Waals surface area (Å²) >= 11 is 0. The monoisotopic (exact) mass is 269 g/mol. The molecule has 2 N–H and O–H groups in total. The van der Waals surface area contributed by atoms with Crippen LogP contribution in [0.5, 0.6) is 0 Å². The summed E-state index contributed by atoms with van der Waals surface area (Å²) in [7, 11) is 3.50. The lowest BCUT2D eigenvalue weighted by molar-refractivity contribution is -0.125. The van der Waals surface area contributed by atoms with Gasteiger partial charge in [-0.05, 0) is 31.6 Å². The Bertz CT molecular complexity index is 310. The highest BCUT2D eigenvalue weighted by Gasteiger charge is 2.26. The number of carbonyl (C=O) groups is 2. The average Bonchev–Trinajstić information content (AvgIpc) is 2.37. The molecule has 1 rings (SSSR count). The molecule has 0 spiro atoms. The summed E-state index contributed by atoms with van der Waals surface area (Å²) in [5.74, 6) is 0.716. The first-order chi connectivity index (χ1) is 8.93. The Labute approximate surface area is 116 Å². The normalized spacial score (nSPS) is 23.0. The van der Waals surface area contributed by atoms with Gasteiger partial charge >= 0.3 is 6.03 Å². The van der Waals surface area contributed by atoms with Crippen molar-refractivity contribution in [3.8, 4) is 0 Å². The van der Waals surface area contributed by atoms with Crippen LogP contribution >= 0.6 is 0 Å². The Hall–Kier alpha value is -1.26. The SMILES string of the molecule is CNC(=O)C1CCC(NC(=O)N(C)CC(C)C)CC1. The topological polar surface area (TPSA) is 61.4 Å². The number of hydrogen-bond acceptors (Lipinski definition) is 2. The highest BCUT2D eigenvalue weighted by Crippen LogP contribution is 2.24. The van der Waals surface area contributed by atoms with Gasteiger partial charge in [-0.25, -0.2) is 4.79 Å². The smallest absolute Gasteiger partial charge is 0.317 e. The molecule has 0 aliphatic heterocycles. The van der Waals surface area contributed by atoms with E-state index in [9.17, 15) is 9.59 Å². The predicted octanol–water partition coefficient (Wildman–Crippen LogP) is 1.59. The minimum Gasteiger partial charge on any atom is -0.359 e. The van der Waals surface area contributed by atoms with E-state index in [1.807, 2.05) is 7.05 Å². The van der Waals surface area contributed by atoms with E-state index in [0.29, 0.717) is 5.92 Å². The summed E-state index contributed by atoms with van der Waals surface area (Å²) in [6, 6.07) is 0.208. The number of carbonyl (C=O) groups excluding carboxylic acids is 2. The Morgan fingerprint density at radius 3 is 2.26 bits per heavy atom. The number of hydrogen-bond donors (Lipinski definition) is 2. The van der Waals surface area contributed by atoms with E-state index in [4.69, 9.17) is 0 Å². The van der Waals surface area contributed by atoms with Crippen LogP contribution in [-0.4, -0.2) is 43.5 Å². The second kappa shape index (κ2) is 7.36. The van der Waals surface area contributed by atoms with Crippen molar-refractivity contribution in [2.45, 2.75) is 45.6 Å². The van der Waals surface area contributed by atoms with Crippen molar-refractivity contribution in [2.24, 2.45) is 11.8 Å². The maximum absolute atomic E-state index is 12.0. The van der Waals surface area contributed by atoms with Crippen molar-refractivity contribution >= 4 is 11.9 Å². The van der Waals surface area contributed by atoms with Crippen LogP contribution in [0.1, 0.15) is 39.5 Å². The largest absolute Gasteiger partial charge is 0.359 e. The molecule has 0 radical (unpaired) electrons. The fourth-order valence-electron chi connectivity index (χ4n) is 2.62. The molecule has 0 heterocycles. The summed E-state index contributed by atoms with van der Waals surface area (Å²) in [6.07, 6.45) is 3.50. The first-order valence-corrected chi connectivity index (χ1v) is 7.17. The Morgan fingerprint density at radius 1 is 1.21 bits per heavy atom. The van der Waals surface area contributed by atoms with Gasteiger partial charge < -0.3 is 15.5 Å². The average molecular weight is 269 g/mol. The van der Waals surface area contributed by atoms with E-state index in [-0.39, 0.29) is 23.9 Å². The molecule has 110 valence electrons. The highest BCUT2D eigenvalue weighted by molar-refractivity contribution is 5.78. The molecule has 0 aromatic heterocycles. The van der Waals surface area contributed by atoms with Gasteiger partial charge in [0.1, 0.15) is 0 Å². The van der Waals surface area contributed by atoms with Gasteiger partial charge in [-0.15, -0.1) is 0 Å². The molecule has 0 aromatic carbocycles. The van der Waals surface area contributed by atoms with Crippen LogP contribution in [0.4, 0.5) is 4.79 Å². The molecule has 0 unspecified atom stereocenters. The molecule has 1 saturated carbocycles. The fourth-order valence-corrected chi connectivity index (χ4v) is 2.62. The van der Waals surface area contributed by atoms with Gasteiger partial charge in [-0.1, -0.05) is 13.8 Å². The third kappa shape index (κ3) is 5.09. The molecule has 1 aliphatic carbocycles. The van der Waals surface area contributed by atoms with Crippen LogP contribution in [0.15, 0.2) is 0 Å². The molecule has 0 saturated heterocycles. The van der Waals surface area contributed by atoms with Crippen LogP contribution in [0.25, 0.3) is 0 Å². The van der Waals surface area contributed by atoms with Gasteiger partial charge in [-0.3, -0.25) is 4.79 Å². The van der Waals surface area contributed by atoms with E-state index >= 15 is 0 Å². The number of rotatable bonds is 4. The van der Waals surface area contributed by atoms with E-state index < -0.39 is 0 Å². The van der Waals surface area contributed by atoms with E-state index in [1.165, 1.54) is 0 Å². The molecule has 19 heavy (non-hydrogen) atoms. The molecular formula is C14H27N3O2. The van der Waals surface area contributed by atoms with Crippen molar-refractivity contribution in [1.29, 1.82) is 0 Å². The quantitative estimate of drug-likeness (QED) is 0.814. The second-order valence-electron chi connectivity index (χ2n) is 5.89. The maximum Gasteiger partial charge on any atom is 0.317 e. The third-order valence-electron chi connectivity index (χ3n) is 3.66. The minimum atomic E-state index is -0.00269. The van der Waals surface area contributed by atoms with Crippen LogP contribution in [0.3, 0.4) is 0 Å². The van der Waals surface area contributed by atoms with Crippen molar-refractivity contribution in [2.75, 3.05) is 20.6 Å². The number of urea groups is 1. The van der Waals surface area contributed by atoms with Crippen LogP contribution in [0.2, 0.25) is 0 Å². The molecule has 1 aliphatic rings. The fraction of sp³-hybridized carbons (Fsp3) is 0.857. The zero-order valence-corrected chi connectivity index (χ0v) is 12.5. The van der Waals surface area contributed by atoms with E-state index in [2.05, 4.69) is 24.5 Å². The summed E-state index contributed by atoms with van der Waals surface area (Å²) in [5, 5.41) is 5.75. The van der Waals surface area contributed by atoms with Gasteiger partial charge in [0.2, 0.25) is 5.91 Å². The van der Waals surface area contributed by atoms with Crippen LogP contribution in [-0.2, 0) is 4.79 Å². The van der Waals surface area contributed by atoms with Crippen molar-refractivity contribution in [3.63, 3.8) is 0 Å². The summed E-state index contributed by atoms with van der Waals surface area (Å²) in [6.45, 7) is 4.95. The molecule has 0 bridgehead atoms. The van der Waals surface area contributed by atoms with E-state index in [1.54, 1.807) is 11.9 Å². The molecule has 0 aromatic rings. The maximum atomic E-state index is 12.0. The van der Waals surface area contributed by atoms with Gasteiger partial charge in [0.15, 0.2) is 0 Å². The van der Waals surface area contributed by atoms with Crippen LogP contribution in [0, 0.1) is 11.8 Å². The first kappa shape index (κ1) is 15.8. The molecule has 5 heteroatoms.